The summed E-state index contributed by atoms with van der Waals surface area (Å²) in [5.74, 6) is 0.615. The van der Waals surface area contributed by atoms with Crippen LogP contribution in [0.15, 0.2) is 88.2 Å². The molecule has 0 amide bonds. The highest BCUT2D eigenvalue weighted by molar-refractivity contribution is 7.90. The molecule has 0 N–H and O–H groups in total. The lowest BCUT2D eigenvalue weighted by Gasteiger charge is -2.12. The molecule has 3 aromatic carbocycles. The number of hydrogen-bond donors (Lipinski definition) is 0. The first-order chi connectivity index (χ1) is 17.3. The summed E-state index contributed by atoms with van der Waals surface area (Å²) in [6, 6.07) is 24.3. The Labute approximate surface area is 215 Å². The van der Waals surface area contributed by atoms with Gasteiger partial charge in [0.25, 0.3) is 10.0 Å². The minimum absolute atomic E-state index is 0.144. The van der Waals surface area contributed by atoms with Crippen molar-refractivity contribution in [2.24, 2.45) is 4.40 Å². The number of hydrogen-bond acceptors (Lipinski definition) is 4. The van der Waals surface area contributed by atoms with Crippen molar-refractivity contribution in [1.29, 1.82) is 0 Å². The second kappa shape index (κ2) is 10.9. The molecule has 184 valence electrons. The van der Waals surface area contributed by atoms with Gasteiger partial charge < -0.3 is 9.47 Å². The Bertz CT molecular complexity index is 1510. The van der Waals surface area contributed by atoms with Gasteiger partial charge in [0.2, 0.25) is 0 Å². The number of imidazole rings is 1. The highest BCUT2D eigenvalue weighted by Gasteiger charge is 2.17. The molecule has 0 bridgehead atoms. The molecular formula is C27H25ClN4O3S. The zero-order valence-corrected chi connectivity index (χ0v) is 21.4. The fourth-order valence-electron chi connectivity index (χ4n) is 3.81. The average molecular weight is 521 g/mol. The Balaban J connectivity index is 1.61. The lowest BCUT2D eigenvalue weighted by Crippen LogP contribution is -2.10. The molecule has 0 aliphatic rings. The minimum atomic E-state index is -3.78. The first-order valence-corrected chi connectivity index (χ1v) is 13.0. The van der Waals surface area contributed by atoms with E-state index in [2.05, 4.69) is 9.38 Å². The molecular weight excluding hydrogens is 496 g/mol. The number of carbonyl (C=O) groups excluding carboxylic acids is 1. The Hall–Kier alpha value is -3.75. The SMILES string of the molecule is CN(C)/C=N/S(=O)(=O)c1cccc(Cc2cccc(Cn3c(-c4ccccc4)nc(Cl)c3C=O)c2)c1. The van der Waals surface area contributed by atoms with Gasteiger partial charge in [-0.3, -0.25) is 4.79 Å². The third kappa shape index (κ3) is 5.90. The van der Waals surface area contributed by atoms with Crippen molar-refractivity contribution >= 4 is 34.2 Å². The molecule has 4 aromatic rings. The van der Waals surface area contributed by atoms with Crippen molar-refractivity contribution in [3.8, 4) is 11.4 Å². The van der Waals surface area contributed by atoms with E-state index in [1.54, 1.807) is 35.7 Å². The number of carbonyl (C=O) groups is 1. The maximum absolute atomic E-state index is 12.5. The van der Waals surface area contributed by atoms with Gasteiger partial charge in [-0.2, -0.15) is 8.42 Å². The predicted octanol–water partition coefficient (Wildman–Crippen LogP) is 4.93. The number of aromatic nitrogens is 2. The predicted molar refractivity (Wildman–Crippen MR) is 142 cm³/mol. The lowest BCUT2D eigenvalue weighted by molar-refractivity contribution is 0.111. The van der Waals surface area contributed by atoms with E-state index in [4.69, 9.17) is 11.6 Å². The zero-order valence-electron chi connectivity index (χ0n) is 19.9. The number of sulfonamides is 1. The summed E-state index contributed by atoms with van der Waals surface area (Å²) in [6.07, 6.45) is 2.52. The van der Waals surface area contributed by atoms with Crippen LogP contribution in [0, 0.1) is 0 Å². The highest BCUT2D eigenvalue weighted by Crippen LogP contribution is 2.26. The van der Waals surface area contributed by atoms with Crippen molar-refractivity contribution in [3.63, 3.8) is 0 Å². The monoisotopic (exact) mass is 520 g/mol. The van der Waals surface area contributed by atoms with Gasteiger partial charge in [-0.15, -0.1) is 4.40 Å². The van der Waals surface area contributed by atoms with Crippen LogP contribution < -0.4 is 0 Å². The normalized spacial score (nSPS) is 11.6. The number of aldehydes is 1. The quantitative estimate of drug-likeness (QED) is 0.177. The number of benzene rings is 3. The topological polar surface area (TPSA) is 84.6 Å². The van der Waals surface area contributed by atoms with E-state index >= 15 is 0 Å². The van der Waals surface area contributed by atoms with Gasteiger partial charge in [0.15, 0.2) is 11.4 Å². The molecule has 0 radical (unpaired) electrons. The number of halogens is 1. The van der Waals surface area contributed by atoms with Gasteiger partial charge in [-0.05, 0) is 35.2 Å². The van der Waals surface area contributed by atoms with Crippen LogP contribution >= 0.6 is 11.6 Å². The lowest BCUT2D eigenvalue weighted by atomic mass is 10.0. The van der Waals surface area contributed by atoms with Crippen molar-refractivity contribution in [3.05, 3.63) is 106 Å². The zero-order chi connectivity index (χ0) is 25.7. The average Bonchev–Trinajstić information content (AvgIpc) is 3.18. The molecule has 1 heterocycles. The summed E-state index contributed by atoms with van der Waals surface area (Å²) < 4.78 is 30.6. The fraction of sp³-hybridized carbons (Fsp3) is 0.148. The summed E-state index contributed by atoms with van der Waals surface area (Å²) in [6.45, 7) is 0.402. The van der Waals surface area contributed by atoms with Gasteiger partial charge in [0.05, 0.1) is 4.90 Å². The van der Waals surface area contributed by atoms with Crippen LogP contribution in [-0.2, 0) is 23.0 Å². The standard InChI is InChI=1S/C27H25ClN4O3S/c1-31(2)19-29-36(34,35)24-13-7-9-21(16-24)14-20-8-6-10-22(15-20)17-32-25(18-33)26(28)30-27(32)23-11-4-3-5-12-23/h3-13,15-16,18-19H,14,17H2,1-2H3/b29-19+. The van der Waals surface area contributed by atoms with E-state index in [1.165, 1.54) is 12.4 Å². The summed E-state index contributed by atoms with van der Waals surface area (Å²) >= 11 is 6.27. The van der Waals surface area contributed by atoms with Gasteiger partial charge in [0.1, 0.15) is 17.9 Å². The largest absolute Gasteiger partial charge is 0.368 e. The number of rotatable bonds is 9. The van der Waals surface area contributed by atoms with E-state index < -0.39 is 10.0 Å². The Morgan fingerprint density at radius 3 is 2.31 bits per heavy atom. The molecule has 9 heteroatoms. The molecule has 4 rings (SSSR count). The molecule has 0 saturated carbocycles. The smallest absolute Gasteiger partial charge is 0.283 e. The van der Waals surface area contributed by atoms with E-state index in [9.17, 15) is 13.2 Å². The Morgan fingerprint density at radius 1 is 0.944 bits per heavy atom. The maximum atomic E-state index is 12.5. The molecule has 0 saturated heterocycles. The van der Waals surface area contributed by atoms with Gasteiger partial charge in [-0.1, -0.05) is 78.3 Å². The summed E-state index contributed by atoms with van der Waals surface area (Å²) in [5, 5.41) is 0.162. The molecule has 36 heavy (non-hydrogen) atoms. The van der Waals surface area contributed by atoms with Crippen molar-refractivity contribution in [1.82, 2.24) is 14.5 Å². The molecule has 0 spiro atoms. The molecule has 7 nitrogen and oxygen atoms in total. The summed E-state index contributed by atoms with van der Waals surface area (Å²) in [7, 11) is -0.365. The van der Waals surface area contributed by atoms with Crippen LogP contribution in [0.3, 0.4) is 0 Å². The van der Waals surface area contributed by atoms with Crippen molar-refractivity contribution in [2.75, 3.05) is 14.1 Å². The van der Waals surface area contributed by atoms with Crippen LogP contribution in [0.4, 0.5) is 0 Å². The van der Waals surface area contributed by atoms with E-state index in [1.807, 2.05) is 60.7 Å². The Kier molecular flexibility index (Phi) is 7.67. The van der Waals surface area contributed by atoms with Gasteiger partial charge in [0, 0.05) is 26.2 Å². The Morgan fingerprint density at radius 2 is 1.61 bits per heavy atom. The third-order valence-electron chi connectivity index (χ3n) is 5.46. The second-order valence-corrected chi connectivity index (χ2v) is 10.5. The summed E-state index contributed by atoms with van der Waals surface area (Å²) in [5.41, 5.74) is 3.98. The first-order valence-electron chi connectivity index (χ1n) is 11.2. The van der Waals surface area contributed by atoms with E-state index in [-0.39, 0.29) is 10.0 Å². The molecule has 0 aliphatic carbocycles. The van der Waals surface area contributed by atoms with Crippen molar-refractivity contribution in [2.45, 2.75) is 17.9 Å². The molecule has 0 atom stereocenters. The molecule has 0 fully saturated rings. The second-order valence-electron chi connectivity index (χ2n) is 8.49. The van der Waals surface area contributed by atoms with Crippen LogP contribution in [0.25, 0.3) is 11.4 Å². The first kappa shape index (κ1) is 25.3. The van der Waals surface area contributed by atoms with Gasteiger partial charge >= 0.3 is 0 Å². The van der Waals surface area contributed by atoms with E-state index in [0.717, 1.165) is 28.5 Å². The van der Waals surface area contributed by atoms with Crippen LogP contribution in [-0.4, -0.2) is 49.6 Å². The van der Waals surface area contributed by atoms with E-state index in [0.29, 0.717) is 24.5 Å². The fourth-order valence-corrected chi connectivity index (χ4v) is 5.02. The summed E-state index contributed by atoms with van der Waals surface area (Å²) in [4.78, 5) is 17.9. The third-order valence-corrected chi connectivity index (χ3v) is 6.96. The van der Waals surface area contributed by atoms with Crippen LogP contribution in [0.5, 0.6) is 0 Å². The molecule has 0 aliphatic heterocycles. The highest BCUT2D eigenvalue weighted by atomic mass is 35.5. The maximum Gasteiger partial charge on any atom is 0.283 e. The molecule has 1 aromatic heterocycles. The van der Waals surface area contributed by atoms with Crippen LogP contribution in [0.1, 0.15) is 27.2 Å². The van der Waals surface area contributed by atoms with Crippen LogP contribution in [0.2, 0.25) is 5.15 Å². The van der Waals surface area contributed by atoms with Gasteiger partial charge in [-0.25, -0.2) is 4.98 Å². The number of nitrogens with zero attached hydrogens (tertiary/aromatic N) is 4. The van der Waals surface area contributed by atoms with Crippen molar-refractivity contribution < 1.29 is 13.2 Å². The molecule has 0 unspecified atom stereocenters. The minimum Gasteiger partial charge on any atom is -0.368 e.